The van der Waals surface area contributed by atoms with E-state index in [1.54, 1.807) is 0 Å². The first-order valence-corrected chi connectivity index (χ1v) is 8.10. The zero-order valence-electron chi connectivity index (χ0n) is 13.0. The number of rotatable bonds is 4. The lowest BCUT2D eigenvalue weighted by atomic mass is 10.1. The average molecular weight is 369 g/mol. The zero-order valence-corrected chi connectivity index (χ0v) is 14.6. The van der Waals surface area contributed by atoms with E-state index in [4.69, 9.17) is 0 Å². The summed E-state index contributed by atoms with van der Waals surface area (Å²) in [6.07, 6.45) is 0. The second-order valence-electron chi connectivity index (χ2n) is 5.16. The molecule has 0 spiro atoms. The largest absolute Gasteiger partial charge is 0.357 e. The molecule has 0 aliphatic rings. The number of aromatic nitrogens is 2. The Morgan fingerprint density at radius 3 is 2.43 bits per heavy atom. The lowest BCUT2D eigenvalue weighted by Crippen LogP contribution is -2.02. The highest BCUT2D eigenvalue weighted by Crippen LogP contribution is 2.26. The second-order valence-corrected chi connectivity index (χ2v) is 6.08. The summed E-state index contributed by atoms with van der Waals surface area (Å²) in [7, 11) is 1.82. The Morgan fingerprint density at radius 2 is 1.74 bits per heavy atom. The molecule has 0 fully saturated rings. The molecule has 1 aromatic heterocycles. The molecule has 2 aromatic carbocycles. The van der Waals surface area contributed by atoms with Crippen molar-refractivity contribution in [2.45, 2.75) is 6.92 Å². The first kappa shape index (κ1) is 15.5. The molecular formula is C18H17BrN4. The molecule has 0 aliphatic carbocycles. The molecule has 23 heavy (non-hydrogen) atoms. The van der Waals surface area contributed by atoms with Gasteiger partial charge in [-0.25, -0.2) is 4.98 Å². The Kier molecular flexibility index (Phi) is 4.57. The van der Waals surface area contributed by atoms with Crippen LogP contribution in [-0.4, -0.2) is 17.0 Å². The summed E-state index contributed by atoms with van der Waals surface area (Å²) in [5.41, 5.74) is 4.10. The molecule has 0 aliphatic heterocycles. The maximum absolute atomic E-state index is 4.53. The van der Waals surface area contributed by atoms with Crippen molar-refractivity contribution in [1.82, 2.24) is 9.97 Å². The molecule has 3 rings (SSSR count). The number of benzene rings is 2. The highest BCUT2D eigenvalue weighted by Gasteiger charge is 2.07. The molecule has 2 N–H and O–H groups in total. The summed E-state index contributed by atoms with van der Waals surface area (Å²) in [6, 6.07) is 18.1. The van der Waals surface area contributed by atoms with Crippen molar-refractivity contribution < 1.29 is 0 Å². The third-order valence-corrected chi connectivity index (χ3v) is 3.96. The Labute approximate surface area is 144 Å². The minimum atomic E-state index is 0.587. The molecule has 0 unspecified atom stereocenters. The summed E-state index contributed by atoms with van der Waals surface area (Å²) < 4.78 is 1.06. The number of aryl methyl sites for hydroxylation is 1. The molecular weight excluding hydrogens is 352 g/mol. The van der Waals surface area contributed by atoms with Crippen molar-refractivity contribution in [3.63, 3.8) is 0 Å². The highest BCUT2D eigenvalue weighted by molar-refractivity contribution is 9.10. The van der Waals surface area contributed by atoms with Crippen LogP contribution in [0.1, 0.15) is 5.56 Å². The number of nitrogens with zero attached hydrogens (tertiary/aromatic N) is 2. The van der Waals surface area contributed by atoms with Crippen LogP contribution in [-0.2, 0) is 0 Å². The van der Waals surface area contributed by atoms with E-state index < -0.39 is 0 Å². The van der Waals surface area contributed by atoms with Gasteiger partial charge in [0.1, 0.15) is 5.82 Å². The van der Waals surface area contributed by atoms with Gasteiger partial charge in [0.2, 0.25) is 5.95 Å². The van der Waals surface area contributed by atoms with E-state index in [1.807, 2.05) is 55.6 Å². The summed E-state index contributed by atoms with van der Waals surface area (Å²) in [5, 5.41) is 6.39. The molecule has 0 saturated heterocycles. The van der Waals surface area contributed by atoms with E-state index in [2.05, 4.69) is 49.5 Å². The topological polar surface area (TPSA) is 49.8 Å². The predicted molar refractivity (Wildman–Crippen MR) is 99.2 cm³/mol. The predicted octanol–water partition coefficient (Wildman–Crippen LogP) is 5.00. The van der Waals surface area contributed by atoms with Crippen LogP contribution >= 0.6 is 15.9 Å². The zero-order chi connectivity index (χ0) is 16.2. The molecule has 0 atom stereocenters. The lowest BCUT2D eigenvalue weighted by molar-refractivity contribution is 1.15. The van der Waals surface area contributed by atoms with Gasteiger partial charge in [-0.1, -0.05) is 46.3 Å². The number of anilines is 3. The average Bonchev–Trinajstić information content (AvgIpc) is 2.58. The summed E-state index contributed by atoms with van der Waals surface area (Å²) in [5.74, 6) is 1.34. The quantitative estimate of drug-likeness (QED) is 0.680. The van der Waals surface area contributed by atoms with E-state index in [1.165, 1.54) is 0 Å². The van der Waals surface area contributed by atoms with Gasteiger partial charge in [-0.15, -0.1) is 0 Å². The normalized spacial score (nSPS) is 10.4. The number of hydrogen-bond acceptors (Lipinski definition) is 4. The Balaban J connectivity index is 1.99. The molecule has 5 heteroatoms. The fourth-order valence-corrected chi connectivity index (χ4v) is 2.76. The van der Waals surface area contributed by atoms with E-state index in [0.29, 0.717) is 5.95 Å². The van der Waals surface area contributed by atoms with Crippen LogP contribution in [0.3, 0.4) is 0 Å². The van der Waals surface area contributed by atoms with Gasteiger partial charge >= 0.3 is 0 Å². The first-order valence-electron chi connectivity index (χ1n) is 7.31. The van der Waals surface area contributed by atoms with Crippen molar-refractivity contribution in [3.05, 3.63) is 64.6 Å². The summed E-state index contributed by atoms with van der Waals surface area (Å²) in [4.78, 5) is 9.02. The number of nitrogens with one attached hydrogen (secondary N) is 2. The number of hydrogen-bond donors (Lipinski definition) is 2. The molecule has 0 radical (unpaired) electrons. The lowest BCUT2D eigenvalue weighted by Gasteiger charge is -2.12. The molecule has 3 aromatic rings. The standard InChI is InChI=1S/C18H17BrN4/c1-12-10-14(19)8-9-15(12)21-17-11-16(22-18(20-2)23-17)13-6-4-3-5-7-13/h3-11H,1-2H3,(H2,20,21,22,23). The van der Waals surface area contributed by atoms with Crippen molar-refractivity contribution >= 4 is 33.4 Å². The fraction of sp³-hybridized carbons (Fsp3) is 0.111. The van der Waals surface area contributed by atoms with Crippen LogP contribution in [0.15, 0.2) is 59.1 Å². The molecule has 1 heterocycles. The summed E-state index contributed by atoms with van der Waals surface area (Å²) in [6.45, 7) is 2.06. The fourth-order valence-electron chi connectivity index (χ4n) is 2.29. The third-order valence-electron chi connectivity index (χ3n) is 3.47. The van der Waals surface area contributed by atoms with Gasteiger partial charge in [-0.05, 0) is 30.7 Å². The van der Waals surface area contributed by atoms with Gasteiger partial charge < -0.3 is 10.6 Å². The monoisotopic (exact) mass is 368 g/mol. The van der Waals surface area contributed by atoms with E-state index in [0.717, 1.165) is 32.8 Å². The molecule has 4 nitrogen and oxygen atoms in total. The minimum absolute atomic E-state index is 0.587. The summed E-state index contributed by atoms with van der Waals surface area (Å²) >= 11 is 3.48. The number of halogens is 1. The van der Waals surface area contributed by atoms with Gasteiger partial charge in [0.15, 0.2) is 0 Å². The first-order chi connectivity index (χ1) is 11.2. The van der Waals surface area contributed by atoms with Crippen molar-refractivity contribution in [3.8, 4) is 11.3 Å². The van der Waals surface area contributed by atoms with Gasteiger partial charge in [-0.2, -0.15) is 4.98 Å². The Bertz CT molecular complexity index is 819. The molecule has 0 bridgehead atoms. The van der Waals surface area contributed by atoms with Crippen LogP contribution in [0.4, 0.5) is 17.5 Å². The minimum Gasteiger partial charge on any atom is -0.357 e. The van der Waals surface area contributed by atoms with E-state index >= 15 is 0 Å². The second kappa shape index (κ2) is 6.79. The van der Waals surface area contributed by atoms with Gasteiger partial charge in [0.25, 0.3) is 0 Å². The van der Waals surface area contributed by atoms with Crippen LogP contribution < -0.4 is 10.6 Å². The van der Waals surface area contributed by atoms with Crippen molar-refractivity contribution in [2.24, 2.45) is 0 Å². The van der Waals surface area contributed by atoms with Crippen LogP contribution in [0.25, 0.3) is 11.3 Å². The highest BCUT2D eigenvalue weighted by atomic mass is 79.9. The molecule has 116 valence electrons. The van der Waals surface area contributed by atoms with E-state index in [9.17, 15) is 0 Å². The van der Waals surface area contributed by atoms with E-state index in [-0.39, 0.29) is 0 Å². The SMILES string of the molecule is CNc1nc(Nc2ccc(Br)cc2C)cc(-c2ccccc2)n1. The molecule has 0 saturated carbocycles. The third kappa shape index (κ3) is 3.68. The van der Waals surface area contributed by atoms with Gasteiger partial charge in [0.05, 0.1) is 5.69 Å². The molecule has 0 amide bonds. The maximum Gasteiger partial charge on any atom is 0.224 e. The van der Waals surface area contributed by atoms with Gasteiger partial charge in [-0.3, -0.25) is 0 Å². The van der Waals surface area contributed by atoms with Crippen molar-refractivity contribution in [1.29, 1.82) is 0 Å². The van der Waals surface area contributed by atoms with Crippen molar-refractivity contribution in [2.75, 3.05) is 17.7 Å². The Morgan fingerprint density at radius 1 is 0.957 bits per heavy atom. The Hall–Kier alpha value is -2.40. The van der Waals surface area contributed by atoms with Gasteiger partial charge in [0, 0.05) is 28.8 Å². The maximum atomic E-state index is 4.53. The smallest absolute Gasteiger partial charge is 0.224 e. The van der Waals surface area contributed by atoms with Crippen LogP contribution in [0.5, 0.6) is 0 Å². The van der Waals surface area contributed by atoms with Crippen LogP contribution in [0.2, 0.25) is 0 Å². The van der Waals surface area contributed by atoms with Crippen LogP contribution in [0, 0.1) is 6.92 Å².